The van der Waals surface area contributed by atoms with Crippen LogP contribution in [0.2, 0.25) is 0 Å². The largest absolute Gasteiger partial charge is 0.398 e. The number of hydrogen-bond donors (Lipinski definition) is 3. The second kappa shape index (κ2) is 5.98. The van der Waals surface area contributed by atoms with Crippen LogP contribution in [0.5, 0.6) is 0 Å². The number of hydrogen-bond acceptors (Lipinski definition) is 3. The van der Waals surface area contributed by atoms with Crippen LogP contribution in [-0.4, -0.2) is 11.5 Å². The van der Waals surface area contributed by atoms with Gasteiger partial charge in [-0.1, -0.05) is 36.5 Å². The Kier molecular flexibility index (Phi) is 4.33. The Labute approximate surface area is 113 Å². The maximum atomic E-state index is 6.01. The minimum Gasteiger partial charge on any atom is -0.398 e. The van der Waals surface area contributed by atoms with Crippen LogP contribution >= 0.6 is 12.2 Å². The molecule has 0 bridgehead atoms. The third-order valence-electron chi connectivity index (χ3n) is 3.07. The average Bonchev–Trinajstić information content (AvgIpc) is 3.20. The number of thiocarbonyl (C=S) groups is 1. The van der Waals surface area contributed by atoms with Gasteiger partial charge in [0, 0.05) is 18.8 Å². The molecular formula is C14H19N3S. The smallest absolute Gasteiger partial charge is 0.101 e. The molecule has 0 aliphatic heterocycles. The SMILES string of the molecule is NCc1ccc(/C(N)=C/C(=S)NCC2CC2)cc1. The molecular weight excluding hydrogens is 242 g/mol. The maximum absolute atomic E-state index is 6.01. The molecule has 0 amide bonds. The van der Waals surface area contributed by atoms with Gasteiger partial charge >= 0.3 is 0 Å². The van der Waals surface area contributed by atoms with E-state index in [0.717, 1.165) is 23.6 Å². The maximum Gasteiger partial charge on any atom is 0.101 e. The van der Waals surface area contributed by atoms with Crippen LogP contribution in [0.3, 0.4) is 0 Å². The molecule has 1 fully saturated rings. The third kappa shape index (κ3) is 3.82. The van der Waals surface area contributed by atoms with Crippen molar-refractivity contribution in [3.8, 4) is 0 Å². The molecule has 1 saturated carbocycles. The van der Waals surface area contributed by atoms with E-state index in [1.807, 2.05) is 30.3 Å². The number of benzene rings is 1. The van der Waals surface area contributed by atoms with E-state index in [1.54, 1.807) is 0 Å². The van der Waals surface area contributed by atoms with Crippen LogP contribution in [0.1, 0.15) is 24.0 Å². The summed E-state index contributed by atoms with van der Waals surface area (Å²) in [5, 5.41) is 3.22. The van der Waals surface area contributed by atoms with Gasteiger partial charge < -0.3 is 16.8 Å². The Bertz CT molecular complexity index is 447. The first kappa shape index (κ1) is 13.1. The van der Waals surface area contributed by atoms with Gasteiger partial charge in [0.2, 0.25) is 0 Å². The second-order valence-corrected chi connectivity index (χ2v) is 5.13. The van der Waals surface area contributed by atoms with Crippen molar-refractivity contribution in [3.63, 3.8) is 0 Å². The summed E-state index contributed by atoms with van der Waals surface area (Å²) in [6.45, 7) is 1.51. The molecule has 4 heteroatoms. The molecule has 3 nitrogen and oxygen atoms in total. The molecule has 0 atom stereocenters. The van der Waals surface area contributed by atoms with Crippen LogP contribution in [0.25, 0.3) is 5.70 Å². The molecule has 96 valence electrons. The lowest BCUT2D eigenvalue weighted by molar-refractivity contribution is 0.780. The van der Waals surface area contributed by atoms with Gasteiger partial charge in [-0.3, -0.25) is 0 Å². The zero-order chi connectivity index (χ0) is 13.0. The predicted molar refractivity (Wildman–Crippen MR) is 79.8 cm³/mol. The second-order valence-electron chi connectivity index (χ2n) is 4.69. The predicted octanol–water partition coefficient (Wildman–Crippen LogP) is 1.77. The monoisotopic (exact) mass is 261 g/mol. The molecule has 0 spiro atoms. The van der Waals surface area contributed by atoms with E-state index in [0.29, 0.717) is 17.2 Å². The van der Waals surface area contributed by atoms with Gasteiger partial charge in [-0.25, -0.2) is 0 Å². The molecule has 1 aromatic rings. The molecule has 0 heterocycles. The number of nitrogens with one attached hydrogen (secondary N) is 1. The van der Waals surface area contributed by atoms with Crippen molar-refractivity contribution in [1.82, 2.24) is 5.32 Å². The highest BCUT2D eigenvalue weighted by Gasteiger charge is 2.20. The Morgan fingerprint density at radius 3 is 2.56 bits per heavy atom. The Balaban J connectivity index is 1.94. The summed E-state index contributed by atoms with van der Waals surface area (Å²) >= 11 is 5.24. The fourth-order valence-corrected chi connectivity index (χ4v) is 1.89. The van der Waals surface area contributed by atoms with Crippen molar-refractivity contribution >= 4 is 22.9 Å². The highest BCUT2D eigenvalue weighted by Crippen LogP contribution is 2.27. The zero-order valence-electron chi connectivity index (χ0n) is 10.4. The van der Waals surface area contributed by atoms with Crippen LogP contribution in [-0.2, 0) is 6.54 Å². The van der Waals surface area contributed by atoms with Gasteiger partial charge in [-0.2, -0.15) is 0 Å². The molecule has 2 rings (SSSR count). The quantitative estimate of drug-likeness (QED) is 0.558. The topological polar surface area (TPSA) is 64.1 Å². The summed E-state index contributed by atoms with van der Waals surface area (Å²) in [6, 6.07) is 7.91. The fraction of sp³-hybridized carbons (Fsp3) is 0.357. The minimum atomic E-state index is 0.547. The van der Waals surface area contributed by atoms with E-state index in [4.69, 9.17) is 23.7 Å². The Hall–Kier alpha value is -1.39. The molecule has 1 aromatic carbocycles. The summed E-state index contributed by atoms with van der Waals surface area (Å²) in [5.41, 5.74) is 14.3. The third-order valence-corrected chi connectivity index (χ3v) is 3.33. The average molecular weight is 261 g/mol. The van der Waals surface area contributed by atoms with Gasteiger partial charge in [0.25, 0.3) is 0 Å². The van der Waals surface area contributed by atoms with Gasteiger partial charge in [0.05, 0.1) is 0 Å². The van der Waals surface area contributed by atoms with E-state index in [1.165, 1.54) is 12.8 Å². The van der Waals surface area contributed by atoms with Gasteiger partial charge in [-0.15, -0.1) is 0 Å². The summed E-state index contributed by atoms with van der Waals surface area (Å²) in [6.07, 6.45) is 4.44. The van der Waals surface area contributed by atoms with E-state index in [9.17, 15) is 0 Å². The fourth-order valence-electron chi connectivity index (χ4n) is 1.68. The molecule has 5 N–H and O–H groups in total. The van der Waals surface area contributed by atoms with Crippen molar-refractivity contribution in [2.75, 3.05) is 6.54 Å². The molecule has 0 unspecified atom stereocenters. The first-order chi connectivity index (χ1) is 8.69. The number of nitrogens with two attached hydrogens (primary N) is 2. The Morgan fingerprint density at radius 1 is 1.33 bits per heavy atom. The van der Waals surface area contributed by atoms with Crippen molar-refractivity contribution in [1.29, 1.82) is 0 Å². The van der Waals surface area contributed by atoms with E-state index in [-0.39, 0.29) is 0 Å². The molecule has 18 heavy (non-hydrogen) atoms. The van der Waals surface area contributed by atoms with E-state index in [2.05, 4.69) is 5.32 Å². The molecule has 1 aliphatic rings. The van der Waals surface area contributed by atoms with E-state index < -0.39 is 0 Å². The summed E-state index contributed by atoms with van der Waals surface area (Å²) in [5.74, 6) is 0.807. The molecule has 1 aliphatic carbocycles. The number of rotatable bonds is 5. The highest BCUT2D eigenvalue weighted by atomic mass is 32.1. The highest BCUT2D eigenvalue weighted by molar-refractivity contribution is 7.80. The molecule has 0 aromatic heterocycles. The standard InChI is InChI=1S/C14H19N3S/c15-8-10-3-5-12(6-4-10)13(16)7-14(18)17-9-11-1-2-11/h3-7,11H,1-2,8-9,15-16H2,(H,17,18)/b13-7-. The van der Waals surface area contributed by atoms with Crippen molar-refractivity contribution in [2.24, 2.45) is 17.4 Å². The van der Waals surface area contributed by atoms with Crippen LogP contribution in [0, 0.1) is 5.92 Å². The minimum absolute atomic E-state index is 0.547. The molecule has 0 saturated heterocycles. The summed E-state index contributed by atoms with van der Waals surface area (Å²) in [4.78, 5) is 0.710. The summed E-state index contributed by atoms with van der Waals surface area (Å²) in [7, 11) is 0. The van der Waals surface area contributed by atoms with Crippen LogP contribution in [0.15, 0.2) is 30.3 Å². The van der Waals surface area contributed by atoms with Crippen molar-refractivity contribution in [2.45, 2.75) is 19.4 Å². The van der Waals surface area contributed by atoms with Crippen LogP contribution < -0.4 is 16.8 Å². The molecule has 0 radical (unpaired) electrons. The van der Waals surface area contributed by atoms with E-state index >= 15 is 0 Å². The normalized spacial score (nSPS) is 15.5. The lowest BCUT2D eigenvalue weighted by Gasteiger charge is -2.06. The van der Waals surface area contributed by atoms with Gasteiger partial charge in [0.1, 0.15) is 4.99 Å². The lowest BCUT2D eigenvalue weighted by Crippen LogP contribution is -2.22. The van der Waals surface area contributed by atoms with Crippen molar-refractivity contribution < 1.29 is 0 Å². The van der Waals surface area contributed by atoms with Gasteiger partial charge in [0.15, 0.2) is 0 Å². The zero-order valence-corrected chi connectivity index (χ0v) is 11.2. The van der Waals surface area contributed by atoms with Crippen molar-refractivity contribution in [3.05, 3.63) is 41.5 Å². The first-order valence-corrected chi connectivity index (χ1v) is 6.64. The Morgan fingerprint density at radius 2 is 2.00 bits per heavy atom. The first-order valence-electron chi connectivity index (χ1n) is 6.23. The van der Waals surface area contributed by atoms with Crippen LogP contribution in [0.4, 0.5) is 0 Å². The van der Waals surface area contributed by atoms with Gasteiger partial charge in [-0.05, 0) is 36.0 Å². The lowest BCUT2D eigenvalue weighted by atomic mass is 10.1. The summed E-state index contributed by atoms with van der Waals surface area (Å²) < 4.78 is 0.